The predicted octanol–water partition coefficient (Wildman–Crippen LogP) is 2.91. The van der Waals surface area contributed by atoms with Crippen molar-refractivity contribution in [3.8, 4) is 0 Å². The van der Waals surface area contributed by atoms with Crippen LogP contribution in [0, 0.1) is 0 Å². The average Bonchev–Trinajstić information content (AvgIpc) is 2.66. The highest BCUT2D eigenvalue weighted by molar-refractivity contribution is 7.14. The molecule has 1 aliphatic rings. The fourth-order valence-electron chi connectivity index (χ4n) is 2.34. The zero-order valence-electron chi connectivity index (χ0n) is 11.2. The van der Waals surface area contributed by atoms with E-state index in [1.165, 1.54) is 29.7 Å². The molecule has 0 bridgehead atoms. The van der Waals surface area contributed by atoms with Crippen LogP contribution in [0.15, 0.2) is 6.07 Å². The molecule has 0 aliphatic heterocycles. The van der Waals surface area contributed by atoms with Crippen LogP contribution in [0.5, 0.6) is 0 Å². The monoisotopic (exact) mass is 302 g/mol. The minimum absolute atomic E-state index is 0. The minimum atomic E-state index is 0. The number of halogens is 1. The summed E-state index contributed by atoms with van der Waals surface area (Å²) in [5, 5.41) is 2.97. The van der Waals surface area contributed by atoms with Crippen LogP contribution < -0.4 is 11.1 Å². The highest BCUT2D eigenvalue weighted by Gasteiger charge is 2.15. The van der Waals surface area contributed by atoms with Gasteiger partial charge >= 0.3 is 0 Å². The Morgan fingerprint density at radius 2 is 2.05 bits per heavy atom. The van der Waals surface area contributed by atoms with E-state index in [9.17, 15) is 4.79 Å². The van der Waals surface area contributed by atoms with Crippen LogP contribution >= 0.6 is 23.7 Å². The minimum Gasteiger partial charge on any atom is -0.351 e. The van der Waals surface area contributed by atoms with Crippen molar-refractivity contribution in [3.05, 3.63) is 21.4 Å². The second-order valence-corrected chi connectivity index (χ2v) is 6.01. The first-order valence-corrected chi connectivity index (χ1v) is 7.73. The molecule has 0 aromatic carbocycles. The molecule has 0 unspecified atom stereocenters. The van der Waals surface area contributed by atoms with E-state index in [2.05, 4.69) is 11.4 Å². The molecule has 2 rings (SSSR count). The van der Waals surface area contributed by atoms with Crippen molar-refractivity contribution in [1.82, 2.24) is 5.32 Å². The molecule has 0 spiro atoms. The molecule has 3 nitrogen and oxygen atoms in total. The molecule has 1 heterocycles. The van der Waals surface area contributed by atoms with E-state index in [4.69, 9.17) is 5.73 Å². The van der Waals surface area contributed by atoms with E-state index < -0.39 is 0 Å². The molecular weight excluding hydrogens is 280 g/mol. The lowest BCUT2D eigenvalue weighted by molar-refractivity contribution is 0.0957. The first kappa shape index (κ1) is 16.5. The number of unbranched alkanes of at least 4 members (excludes halogenated alkanes) is 1. The van der Waals surface area contributed by atoms with Crippen LogP contribution in [0.1, 0.15) is 52.2 Å². The standard InChI is InChI=1S/C14H22N2OS.ClH/c15-8-4-5-9-16-14(17)13-10-11-6-2-1-3-7-12(11)18-13;/h10H,1-9,15H2,(H,16,17);1H. The van der Waals surface area contributed by atoms with Gasteiger partial charge in [-0.3, -0.25) is 4.79 Å². The van der Waals surface area contributed by atoms with Gasteiger partial charge in [0.15, 0.2) is 0 Å². The molecule has 1 aromatic heterocycles. The summed E-state index contributed by atoms with van der Waals surface area (Å²) < 4.78 is 0. The topological polar surface area (TPSA) is 55.1 Å². The molecule has 1 aromatic rings. The largest absolute Gasteiger partial charge is 0.351 e. The van der Waals surface area contributed by atoms with Gasteiger partial charge in [0.2, 0.25) is 0 Å². The van der Waals surface area contributed by atoms with Gasteiger partial charge in [0.1, 0.15) is 0 Å². The third kappa shape index (κ3) is 4.79. The van der Waals surface area contributed by atoms with E-state index >= 15 is 0 Å². The maximum absolute atomic E-state index is 12.0. The van der Waals surface area contributed by atoms with Crippen molar-refractivity contribution in [3.63, 3.8) is 0 Å². The molecule has 3 N–H and O–H groups in total. The number of carbonyl (C=O) groups is 1. The summed E-state index contributed by atoms with van der Waals surface area (Å²) in [6, 6.07) is 2.10. The van der Waals surface area contributed by atoms with E-state index in [1.54, 1.807) is 11.3 Å². The average molecular weight is 303 g/mol. The Labute approximate surface area is 125 Å². The molecule has 1 aliphatic carbocycles. The fraction of sp³-hybridized carbons (Fsp3) is 0.643. The third-order valence-electron chi connectivity index (χ3n) is 3.39. The Hall–Kier alpha value is -0.580. The number of nitrogens with one attached hydrogen (secondary N) is 1. The fourth-order valence-corrected chi connectivity index (χ4v) is 3.51. The van der Waals surface area contributed by atoms with Crippen LogP contribution in [0.4, 0.5) is 0 Å². The van der Waals surface area contributed by atoms with Gasteiger partial charge < -0.3 is 11.1 Å². The zero-order valence-corrected chi connectivity index (χ0v) is 12.9. The van der Waals surface area contributed by atoms with Gasteiger partial charge in [-0.25, -0.2) is 0 Å². The number of carbonyl (C=O) groups excluding carboxylic acids is 1. The summed E-state index contributed by atoms with van der Waals surface area (Å²) in [7, 11) is 0. The molecule has 0 saturated heterocycles. The zero-order chi connectivity index (χ0) is 12.8. The van der Waals surface area contributed by atoms with Gasteiger partial charge in [-0.2, -0.15) is 0 Å². The molecule has 0 radical (unpaired) electrons. The highest BCUT2D eigenvalue weighted by atomic mass is 35.5. The maximum Gasteiger partial charge on any atom is 0.261 e. The van der Waals surface area contributed by atoms with Crippen LogP contribution in [-0.2, 0) is 12.8 Å². The van der Waals surface area contributed by atoms with Crippen molar-refractivity contribution >= 4 is 29.7 Å². The van der Waals surface area contributed by atoms with Crippen molar-refractivity contribution in [2.45, 2.75) is 44.9 Å². The molecule has 19 heavy (non-hydrogen) atoms. The number of nitrogens with two attached hydrogens (primary N) is 1. The third-order valence-corrected chi connectivity index (χ3v) is 4.62. The van der Waals surface area contributed by atoms with Gasteiger partial charge in [-0.15, -0.1) is 23.7 Å². The van der Waals surface area contributed by atoms with E-state index in [-0.39, 0.29) is 18.3 Å². The summed E-state index contributed by atoms with van der Waals surface area (Å²) in [5.74, 6) is 0.0881. The van der Waals surface area contributed by atoms with Gasteiger partial charge in [-0.05, 0) is 56.7 Å². The smallest absolute Gasteiger partial charge is 0.261 e. The van der Waals surface area contributed by atoms with Crippen molar-refractivity contribution in [2.75, 3.05) is 13.1 Å². The Morgan fingerprint density at radius 1 is 1.26 bits per heavy atom. The number of amides is 1. The van der Waals surface area contributed by atoms with Gasteiger partial charge in [0, 0.05) is 11.4 Å². The van der Waals surface area contributed by atoms with Crippen molar-refractivity contribution in [1.29, 1.82) is 0 Å². The SMILES string of the molecule is Cl.NCCCCNC(=O)c1cc2c(s1)CCCCC2. The maximum atomic E-state index is 12.0. The number of aryl methyl sites for hydroxylation is 2. The second kappa shape index (κ2) is 8.56. The molecule has 0 fully saturated rings. The number of fused-ring (bicyclic) bond motifs is 1. The van der Waals surface area contributed by atoms with Gasteiger partial charge in [0.05, 0.1) is 4.88 Å². The lowest BCUT2D eigenvalue weighted by Gasteiger charge is -2.02. The number of rotatable bonds is 5. The first-order valence-electron chi connectivity index (χ1n) is 6.91. The summed E-state index contributed by atoms with van der Waals surface area (Å²) in [5.41, 5.74) is 6.83. The lowest BCUT2D eigenvalue weighted by Crippen LogP contribution is -2.24. The lowest BCUT2D eigenvalue weighted by atomic mass is 10.1. The molecule has 5 heteroatoms. The molecular formula is C14H23ClN2OS. The van der Waals surface area contributed by atoms with Crippen LogP contribution in [0.25, 0.3) is 0 Å². The molecule has 0 atom stereocenters. The quantitative estimate of drug-likeness (QED) is 0.649. The summed E-state index contributed by atoms with van der Waals surface area (Å²) in [6.45, 7) is 1.43. The van der Waals surface area contributed by atoms with Crippen LogP contribution in [0.2, 0.25) is 0 Å². The van der Waals surface area contributed by atoms with E-state index in [1.807, 2.05) is 0 Å². The first-order chi connectivity index (χ1) is 8.81. The Kier molecular flexibility index (Phi) is 7.42. The normalized spacial score (nSPS) is 14.2. The summed E-state index contributed by atoms with van der Waals surface area (Å²) in [6.07, 6.45) is 8.09. The van der Waals surface area contributed by atoms with Crippen molar-refractivity contribution in [2.24, 2.45) is 5.73 Å². The van der Waals surface area contributed by atoms with Gasteiger partial charge in [0.25, 0.3) is 5.91 Å². The Bertz CT molecular complexity index is 383. The van der Waals surface area contributed by atoms with Crippen LogP contribution in [-0.4, -0.2) is 19.0 Å². The highest BCUT2D eigenvalue weighted by Crippen LogP contribution is 2.28. The van der Waals surface area contributed by atoms with Gasteiger partial charge in [-0.1, -0.05) is 6.42 Å². The number of thiophene rings is 1. The number of hydrogen-bond donors (Lipinski definition) is 2. The van der Waals surface area contributed by atoms with Crippen molar-refractivity contribution < 1.29 is 4.79 Å². The number of hydrogen-bond acceptors (Lipinski definition) is 3. The Morgan fingerprint density at radius 3 is 2.84 bits per heavy atom. The Balaban J connectivity index is 0.00000180. The molecule has 0 saturated carbocycles. The second-order valence-electron chi connectivity index (χ2n) is 4.87. The summed E-state index contributed by atoms with van der Waals surface area (Å²) >= 11 is 1.68. The summed E-state index contributed by atoms with van der Waals surface area (Å²) in [4.78, 5) is 14.3. The van der Waals surface area contributed by atoms with Crippen LogP contribution in [0.3, 0.4) is 0 Å². The molecule has 108 valence electrons. The molecule has 1 amide bonds. The van der Waals surface area contributed by atoms with E-state index in [0.29, 0.717) is 6.54 Å². The van der Waals surface area contributed by atoms with E-state index in [0.717, 1.165) is 37.1 Å². The predicted molar refractivity (Wildman–Crippen MR) is 83.4 cm³/mol.